The van der Waals surface area contributed by atoms with Gasteiger partial charge in [-0.05, 0) is 22.8 Å². The summed E-state index contributed by atoms with van der Waals surface area (Å²) in [4.78, 5) is 11.1. The third-order valence-electron chi connectivity index (χ3n) is 2.58. The number of carboxylic acid groups (broad SMARTS) is 1. The summed E-state index contributed by atoms with van der Waals surface area (Å²) >= 11 is 0. The minimum absolute atomic E-state index is 0.250. The van der Waals surface area contributed by atoms with E-state index in [-0.39, 0.29) is 5.56 Å². The third-order valence-corrected chi connectivity index (χ3v) is 2.58. The summed E-state index contributed by atoms with van der Waals surface area (Å²) in [7, 11) is 0. The number of carboxylic acids is 1. The molecule has 0 unspecified atom stereocenters. The van der Waals surface area contributed by atoms with Gasteiger partial charge in [0.2, 0.25) is 0 Å². The molecule has 0 saturated heterocycles. The third kappa shape index (κ3) is 2.33. The highest BCUT2D eigenvalue weighted by molar-refractivity contribution is 5.95. The van der Waals surface area contributed by atoms with Crippen LogP contribution in [-0.4, -0.2) is 11.1 Å². The lowest BCUT2D eigenvalue weighted by atomic mass is 9.99. The summed E-state index contributed by atoms with van der Waals surface area (Å²) in [5.41, 5.74) is 2.26. The molecule has 0 saturated carbocycles. The van der Waals surface area contributed by atoms with Gasteiger partial charge in [0.15, 0.2) is 0 Å². The van der Waals surface area contributed by atoms with E-state index < -0.39 is 12.6 Å². The molecule has 0 amide bonds. The smallest absolute Gasteiger partial charge is 0.336 e. The van der Waals surface area contributed by atoms with Crippen LogP contribution in [-0.2, 0) is 6.67 Å². The van der Waals surface area contributed by atoms with Crippen molar-refractivity contribution in [3.05, 3.63) is 59.7 Å². The highest BCUT2D eigenvalue weighted by Gasteiger charge is 2.10. The van der Waals surface area contributed by atoms with Crippen molar-refractivity contribution in [3.63, 3.8) is 0 Å². The van der Waals surface area contributed by atoms with Gasteiger partial charge in [0.25, 0.3) is 0 Å². The summed E-state index contributed by atoms with van der Waals surface area (Å²) < 4.78 is 12.4. The molecule has 0 spiro atoms. The van der Waals surface area contributed by atoms with Crippen molar-refractivity contribution < 1.29 is 14.3 Å². The highest BCUT2D eigenvalue weighted by Crippen LogP contribution is 2.24. The molecule has 17 heavy (non-hydrogen) atoms. The number of hydrogen-bond acceptors (Lipinski definition) is 1. The number of halogens is 1. The van der Waals surface area contributed by atoms with Gasteiger partial charge in [-0.2, -0.15) is 0 Å². The number of benzene rings is 2. The van der Waals surface area contributed by atoms with Gasteiger partial charge < -0.3 is 5.11 Å². The van der Waals surface area contributed by atoms with Crippen LogP contribution >= 0.6 is 0 Å². The molecule has 2 aromatic carbocycles. The number of alkyl halides is 1. The Bertz CT molecular complexity index is 532. The van der Waals surface area contributed by atoms with Gasteiger partial charge in [-0.1, -0.05) is 42.5 Å². The van der Waals surface area contributed by atoms with E-state index in [2.05, 4.69) is 0 Å². The van der Waals surface area contributed by atoms with Crippen LogP contribution in [0.2, 0.25) is 0 Å². The van der Waals surface area contributed by atoms with Crippen molar-refractivity contribution in [1.82, 2.24) is 0 Å². The molecule has 2 nitrogen and oxygen atoms in total. The van der Waals surface area contributed by atoms with Crippen molar-refractivity contribution in [2.45, 2.75) is 6.67 Å². The number of hydrogen-bond donors (Lipinski definition) is 1. The standard InChI is InChI=1S/C14H11FO2/c15-9-10-5-7-11(8-6-10)12-3-1-2-4-13(12)14(16)17/h1-8H,9H2,(H,16,17). The lowest BCUT2D eigenvalue weighted by molar-refractivity contribution is 0.0697. The van der Waals surface area contributed by atoms with Gasteiger partial charge in [-0.25, -0.2) is 9.18 Å². The summed E-state index contributed by atoms with van der Waals surface area (Å²) in [6.07, 6.45) is 0. The zero-order valence-electron chi connectivity index (χ0n) is 9.06. The number of rotatable bonds is 3. The summed E-state index contributed by atoms with van der Waals surface area (Å²) in [6.45, 7) is -0.513. The second kappa shape index (κ2) is 4.78. The van der Waals surface area contributed by atoms with Gasteiger partial charge in [-0.15, -0.1) is 0 Å². The zero-order valence-corrected chi connectivity index (χ0v) is 9.06. The van der Waals surface area contributed by atoms with E-state index in [1.54, 1.807) is 48.5 Å². The molecule has 0 atom stereocenters. The fourth-order valence-electron chi connectivity index (χ4n) is 1.69. The Morgan fingerprint density at radius 2 is 1.71 bits per heavy atom. The van der Waals surface area contributed by atoms with Gasteiger partial charge in [0.05, 0.1) is 5.56 Å². The monoisotopic (exact) mass is 230 g/mol. The van der Waals surface area contributed by atoms with Crippen LogP contribution in [0.3, 0.4) is 0 Å². The first kappa shape index (κ1) is 11.3. The quantitative estimate of drug-likeness (QED) is 0.875. The second-order valence-corrected chi connectivity index (χ2v) is 3.68. The van der Waals surface area contributed by atoms with E-state index in [9.17, 15) is 9.18 Å². The van der Waals surface area contributed by atoms with Crippen LogP contribution in [0, 0.1) is 0 Å². The molecule has 1 N–H and O–H groups in total. The first-order valence-corrected chi connectivity index (χ1v) is 5.20. The zero-order chi connectivity index (χ0) is 12.3. The van der Waals surface area contributed by atoms with Gasteiger partial charge in [0, 0.05) is 0 Å². The van der Waals surface area contributed by atoms with Crippen LogP contribution in [0.5, 0.6) is 0 Å². The van der Waals surface area contributed by atoms with Crippen molar-refractivity contribution in [2.75, 3.05) is 0 Å². The molecule has 0 fully saturated rings. The van der Waals surface area contributed by atoms with Crippen molar-refractivity contribution in [2.24, 2.45) is 0 Å². The predicted octanol–water partition coefficient (Wildman–Crippen LogP) is 3.52. The maximum atomic E-state index is 12.4. The van der Waals surface area contributed by atoms with Gasteiger partial charge in [-0.3, -0.25) is 0 Å². The van der Waals surface area contributed by atoms with E-state index in [1.165, 1.54) is 0 Å². The van der Waals surface area contributed by atoms with Crippen LogP contribution in [0.15, 0.2) is 48.5 Å². The molecule has 2 rings (SSSR count). The second-order valence-electron chi connectivity index (χ2n) is 3.68. The van der Waals surface area contributed by atoms with E-state index >= 15 is 0 Å². The SMILES string of the molecule is O=C(O)c1ccccc1-c1ccc(CF)cc1. The molecule has 0 radical (unpaired) electrons. The van der Waals surface area contributed by atoms with Crippen LogP contribution in [0.1, 0.15) is 15.9 Å². The van der Waals surface area contributed by atoms with Crippen molar-refractivity contribution >= 4 is 5.97 Å². The molecule has 0 aliphatic heterocycles. The fraction of sp³-hybridized carbons (Fsp3) is 0.0714. The van der Waals surface area contributed by atoms with Crippen LogP contribution in [0.4, 0.5) is 4.39 Å². The Labute approximate surface area is 98.3 Å². The normalized spacial score (nSPS) is 10.2. The summed E-state index contributed by atoms with van der Waals surface area (Å²) in [6, 6.07) is 13.6. The fourth-order valence-corrected chi connectivity index (χ4v) is 1.69. The molecule has 0 heterocycles. The first-order valence-electron chi connectivity index (χ1n) is 5.20. The largest absolute Gasteiger partial charge is 0.478 e. The first-order chi connectivity index (χ1) is 8.22. The summed E-state index contributed by atoms with van der Waals surface area (Å²) in [5, 5.41) is 9.07. The molecule has 2 aromatic rings. The topological polar surface area (TPSA) is 37.3 Å². The number of aromatic carboxylic acids is 1. The summed E-state index contributed by atoms with van der Waals surface area (Å²) in [5.74, 6) is -0.963. The van der Waals surface area contributed by atoms with Crippen LogP contribution in [0.25, 0.3) is 11.1 Å². The molecule has 0 aromatic heterocycles. The van der Waals surface area contributed by atoms with E-state index in [1.807, 2.05) is 0 Å². The molecule has 0 aliphatic rings. The molecular formula is C14H11FO2. The Morgan fingerprint density at radius 3 is 2.29 bits per heavy atom. The predicted molar refractivity (Wildman–Crippen MR) is 63.6 cm³/mol. The maximum absolute atomic E-state index is 12.4. The Balaban J connectivity index is 2.48. The molecule has 3 heteroatoms. The minimum atomic E-state index is -0.963. The highest BCUT2D eigenvalue weighted by atomic mass is 19.1. The van der Waals surface area contributed by atoms with Crippen molar-refractivity contribution in [3.8, 4) is 11.1 Å². The molecule has 86 valence electrons. The van der Waals surface area contributed by atoms with E-state index in [0.29, 0.717) is 11.1 Å². The Morgan fingerprint density at radius 1 is 1.06 bits per heavy atom. The Kier molecular flexibility index (Phi) is 3.19. The van der Waals surface area contributed by atoms with Gasteiger partial charge in [0.1, 0.15) is 6.67 Å². The van der Waals surface area contributed by atoms with Crippen LogP contribution < -0.4 is 0 Å². The minimum Gasteiger partial charge on any atom is -0.478 e. The number of carbonyl (C=O) groups is 1. The average molecular weight is 230 g/mol. The maximum Gasteiger partial charge on any atom is 0.336 e. The molecular weight excluding hydrogens is 219 g/mol. The molecule has 0 aliphatic carbocycles. The lowest BCUT2D eigenvalue weighted by Gasteiger charge is -2.06. The van der Waals surface area contributed by atoms with Gasteiger partial charge >= 0.3 is 5.97 Å². The van der Waals surface area contributed by atoms with E-state index in [0.717, 1.165) is 5.56 Å². The average Bonchev–Trinajstić information content (AvgIpc) is 2.39. The van der Waals surface area contributed by atoms with Crippen molar-refractivity contribution in [1.29, 1.82) is 0 Å². The Hall–Kier alpha value is -2.16. The molecule has 0 bridgehead atoms. The van der Waals surface area contributed by atoms with E-state index in [4.69, 9.17) is 5.11 Å². The lowest BCUT2D eigenvalue weighted by Crippen LogP contribution is -1.98.